The zero-order valence-electron chi connectivity index (χ0n) is 15.3. The van der Waals surface area contributed by atoms with Crippen molar-refractivity contribution in [1.29, 1.82) is 0 Å². The number of piperazine rings is 1. The van der Waals surface area contributed by atoms with Gasteiger partial charge in [0.1, 0.15) is 6.61 Å². The van der Waals surface area contributed by atoms with Gasteiger partial charge in [-0.15, -0.1) is 11.6 Å². The summed E-state index contributed by atoms with van der Waals surface area (Å²) >= 11 is 6.56. The summed E-state index contributed by atoms with van der Waals surface area (Å²) in [5.41, 5.74) is 3.58. The molecule has 0 aromatic heterocycles. The molecule has 0 bridgehead atoms. The Morgan fingerprint density at radius 3 is 2.61 bits per heavy atom. The molecule has 4 aliphatic heterocycles. The standard InChI is InChI=1S/C17H20ClN3O7/c1-15(18)13(23)10-9(12(22)17(15)27-3-4-28-17)7(6-26-14(19)24)16(25)11-8(20(11)2)5-21(10)16/h7-8,11,25H,3-6H2,1-2H3,(H2,19,24)/t7-,8-,11-,15?,16+,20?/m0/s1. The first-order valence-corrected chi connectivity index (χ1v) is 9.41. The monoisotopic (exact) mass is 413 g/mol. The number of carbonyl (C=O) groups excluding carboxylic acids is 3. The number of nitrogens with zero attached hydrogens (tertiary/aromatic N) is 2. The number of primary amides is 1. The number of Topliss-reactive ketones (excluding diaryl/α,β-unsaturated/α-hetero) is 2. The number of ether oxygens (including phenoxy) is 3. The van der Waals surface area contributed by atoms with Gasteiger partial charge in [0.15, 0.2) is 10.6 Å². The van der Waals surface area contributed by atoms with Crippen molar-refractivity contribution in [2.24, 2.45) is 11.7 Å². The molecule has 1 spiro atoms. The van der Waals surface area contributed by atoms with Crippen LogP contribution in [0.15, 0.2) is 11.3 Å². The smallest absolute Gasteiger partial charge is 0.404 e. The van der Waals surface area contributed by atoms with Crippen molar-refractivity contribution in [3.8, 4) is 0 Å². The van der Waals surface area contributed by atoms with Crippen LogP contribution in [0.5, 0.6) is 0 Å². The molecule has 0 aromatic rings. The second-order valence-electron chi connectivity index (χ2n) is 7.99. The van der Waals surface area contributed by atoms with Crippen LogP contribution in [0.25, 0.3) is 0 Å². The molecule has 0 radical (unpaired) electrons. The van der Waals surface area contributed by atoms with E-state index < -0.39 is 40.0 Å². The lowest BCUT2D eigenvalue weighted by Crippen LogP contribution is -2.64. The SMILES string of the molecule is CN1[C@H]2[C@@H]1CN1C3=C(C(=O)C4(OCCO4)C(C)(Cl)C3=O)[C@H](COC(N)=O)[C@@]21O. The average molecular weight is 414 g/mol. The van der Waals surface area contributed by atoms with E-state index in [1.807, 2.05) is 11.9 Å². The van der Waals surface area contributed by atoms with Crippen LogP contribution in [0.3, 0.4) is 0 Å². The summed E-state index contributed by atoms with van der Waals surface area (Å²) in [7, 11) is 1.84. The van der Waals surface area contributed by atoms with Crippen molar-refractivity contribution in [2.75, 3.05) is 33.4 Å². The summed E-state index contributed by atoms with van der Waals surface area (Å²) in [6.07, 6.45) is -1.04. The Labute approximate surface area is 165 Å². The largest absolute Gasteiger partial charge is 0.449 e. The Morgan fingerprint density at radius 2 is 2.00 bits per heavy atom. The number of carbonyl (C=O) groups is 3. The molecule has 1 amide bonds. The van der Waals surface area contributed by atoms with Gasteiger partial charge in [-0.25, -0.2) is 4.79 Å². The fourth-order valence-corrected chi connectivity index (χ4v) is 5.64. The minimum Gasteiger partial charge on any atom is -0.449 e. The number of ketones is 2. The van der Waals surface area contributed by atoms with E-state index in [0.717, 1.165) is 0 Å². The van der Waals surface area contributed by atoms with Crippen LogP contribution in [0.2, 0.25) is 0 Å². The quantitative estimate of drug-likeness (QED) is 0.412. The number of rotatable bonds is 2. The molecule has 2 unspecified atom stereocenters. The van der Waals surface area contributed by atoms with Gasteiger partial charge < -0.3 is 30.0 Å². The lowest BCUT2D eigenvalue weighted by molar-refractivity contribution is -0.192. The average Bonchev–Trinajstić information content (AvgIpc) is 2.98. The second kappa shape index (κ2) is 5.25. The third-order valence-corrected chi connectivity index (χ3v) is 7.17. The first kappa shape index (κ1) is 18.3. The second-order valence-corrected chi connectivity index (χ2v) is 8.75. The van der Waals surface area contributed by atoms with Crippen LogP contribution in [-0.2, 0) is 23.8 Å². The van der Waals surface area contributed by atoms with E-state index >= 15 is 0 Å². The number of hydrogen-bond acceptors (Lipinski definition) is 9. The van der Waals surface area contributed by atoms with E-state index in [1.54, 1.807) is 0 Å². The first-order valence-electron chi connectivity index (χ1n) is 9.03. The molecular formula is C17H20ClN3O7. The zero-order valence-corrected chi connectivity index (χ0v) is 16.1. The van der Waals surface area contributed by atoms with Gasteiger partial charge in [-0.1, -0.05) is 0 Å². The predicted octanol–water partition coefficient (Wildman–Crippen LogP) is -1.46. The molecule has 3 fully saturated rings. The van der Waals surface area contributed by atoms with Gasteiger partial charge in [-0.05, 0) is 14.0 Å². The van der Waals surface area contributed by atoms with Crippen LogP contribution in [-0.4, -0.2) is 94.4 Å². The minimum atomic E-state index is -1.97. The number of hydrogen-bond donors (Lipinski definition) is 2. The van der Waals surface area contributed by atoms with Gasteiger partial charge in [0.05, 0.1) is 30.9 Å². The maximum absolute atomic E-state index is 13.6. The highest BCUT2D eigenvalue weighted by Gasteiger charge is 2.78. The van der Waals surface area contributed by atoms with Gasteiger partial charge in [-0.3, -0.25) is 14.5 Å². The van der Waals surface area contributed by atoms with Crippen molar-refractivity contribution in [2.45, 2.75) is 35.4 Å². The molecule has 5 rings (SSSR count). The molecule has 6 atom stereocenters. The van der Waals surface area contributed by atoms with Crippen molar-refractivity contribution in [1.82, 2.24) is 9.80 Å². The lowest BCUT2D eigenvalue weighted by atomic mass is 9.75. The number of aliphatic hydroxyl groups is 1. The minimum absolute atomic E-state index is 0.0209. The van der Waals surface area contributed by atoms with Crippen molar-refractivity contribution < 1.29 is 33.7 Å². The van der Waals surface area contributed by atoms with Gasteiger partial charge in [0.25, 0.3) is 5.79 Å². The van der Waals surface area contributed by atoms with E-state index in [4.69, 9.17) is 31.5 Å². The number of alkyl halides is 1. The van der Waals surface area contributed by atoms with E-state index in [9.17, 15) is 19.5 Å². The highest BCUT2D eigenvalue weighted by Crippen LogP contribution is 2.60. The molecule has 28 heavy (non-hydrogen) atoms. The third-order valence-electron chi connectivity index (χ3n) is 6.75. The summed E-state index contributed by atoms with van der Waals surface area (Å²) in [6, 6.07) is -0.294. The fraction of sp³-hybridized carbons (Fsp3) is 0.706. The first-order chi connectivity index (χ1) is 13.1. The Bertz CT molecular complexity index is 852. The van der Waals surface area contributed by atoms with E-state index in [-0.39, 0.29) is 43.2 Å². The van der Waals surface area contributed by atoms with E-state index in [1.165, 1.54) is 11.8 Å². The number of halogens is 1. The van der Waals surface area contributed by atoms with Crippen LogP contribution in [0, 0.1) is 5.92 Å². The topological polar surface area (TPSA) is 131 Å². The molecule has 0 saturated carbocycles. The van der Waals surface area contributed by atoms with Gasteiger partial charge in [0.2, 0.25) is 11.6 Å². The van der Waals surface area contributed by atoms with Crippen LogP contribution in [0.4, 0.5) is 4.79 Å². The molecule has 10 nitrogen and oxygen atoms in total. The summed E-state index contributed by atoms with van der Waals surface area (Å²) in [4.78, 5) is 39.9. The van der Waals surface area contributed by atoms with Crippen LogP contribution in [0.1, 0.15) is 6.92 Å². The highest BCUT2D eigenvalue weighted by molar-refractivity contribution is 6.43. The molecule has 152 valence electrons. The van der Waals surface area contributed by atoms with Crippen molar-refractivity contribution in [3.63, 3.8) is 0 Å². The van der Waals surface area contributed by atoms with Crippen LogP contribution < -0.4 is 5.73 Å². The molecular weight excluding hydrogens is 394 g/mol. The number of likely N-dealkylation sites (N-methyl/N-ethyl adjacent to an activating group) is 1. The highest BCUT2D eigenvalue weighted by atomic mass is 35.5. The van der Waals surface area contributed by atoms with E-state index in [2.05, 4.69) is 0 Å². The third kappa shape index (κ3) is 1.81. The zero-order chi connectivity index (χ0) is 20.2. The van der Waals surface area contributed by atoms with Gasteiger partial charge >= 0.3 is 6.09 Å². The molecule has 1 aliphatic carbocycles. The van der Waals surface area contributed by atoms with Gasteiger partial charge in [-0.2, -0.15) is 0 Å². The maximum Gasteiger partial charge on any atom is 0.404 e. The van der Waals surface area contributed by atoms with E-state index in [0.29, 0.717) is 6.54 Å². The molecule has 3 N–H and O–H groups in total. The number of amides is 1. The van der Waals surface area contributed by atoms with Crippen molar-refractivity contribution in [3.05, 3.63) is 11.3 Å². The fourth-order valence-electron chi connectivity index (χ4n) is 5.35. The van der Waals surface area contributed by atoms with Gasteiger partial charge in [0, 0.05) is 18.2 Å². The number of fused-ring (bicyclic) bond motifs is 4. The lowest BCUT2D eigenvalue weighted by Gasteiger charge is -2.42. The Balaban J connectivity index is 1.67. The van der Waals surface area contributed by atoms with Crippen molar-refractivity contribution >= 4 is 29.3 Å². The maximum atomic E-state index is 13.6. The molecule has 0 aromatic carbocycles. The normalized spacial score (nSPS) is 45.4. The Hall–Kier alpha value is -1.72. The Kier molecular flexibility index (Phi) is 3.43. The molecule has 5 aliphatic rings. The number of allylic oxidation sites excluding steroid dienone is 1. The molecule has 4 heterocycles. The predicted molar refractivity (Wildman–Crippen MR) is 92.0 cm³/mol. The Morgan fingerprint density at radius 1 is 1.36 bits per heavy atom. The summed E-state index contributed by atoms with van der Waals surface area (Å²) in [6.45, 7) is 1.59. The summed E-state index contributed by atoms with van der Waals surface area (Å²) in [5, 5.41) is 11.6. The molecule has 11 heteroatoms. The summed E-state index contributed by atoms with van der Waals surface area (Å²) in [5.74, 6) is -4.14. The van der Waals surface area contributed by atoms with Crippen LogP contribution >= 0.6 is 11.6 Å². The summed E-state index contributed by atoms with van der Waals surface area (Å²) < 4.78 is 16.1. The number of nitrogens with two attached hydrogens (primary N) is 1. The molecule has 3 saturated heterocycles.